The molecule has 0 spiro atoms. The van der Waals surface area contributed by atoms with Gasteiger partial charge in [0.15, 0.2) is 0 Å². The van der Waals surface area contributed by atoms with Crippen molar-refractivity contribution in [3.63, 3.8) is 0 Å². The van der Waals surface area contributed by atoms with Crippen molar-refractivity contribution in [1.29, 1.82) is 0 Å². The molecule has 1 heteroatoms. The van der Waals surface area contributed by atoms with Gasteiger partial charge in [0.25, 0.3) is 0 Å². The molecule has 0 saturated carbocycles. The highest BCUT2D eigenvalue weighted by atomic mass is 31.2. The Labute approximate surface area is 127 Å². The van der Waals surface area contributed by atoms with Crippen LogP contribution in [0.5, 0.6) is 0 Å². The Morgan fingerprint density at radius 3 is 1.05 bits per heavy atom. The SMILES string of the molecule is CC[P+](c1ccccc1)(c1ccccc1)c1ccccc1. The summed E-state index contributed by atoms with van der Waals surface area (Å²) < 4.78 is 0. The summed E-state index contributed by atoms with van der Waals surface area (Å²) in [6.45, 7) is 2.32. The first-order valence-electron chi connectivity index (χ1n) is 7.43. The van der Waals surface area contributed by atoms with Crippen LogP contribution in [0.25, 0.3) is 0 Å². The van der Waals surface area contributed by atoms with Crippen LogP contribution in [-0.4, -0.2) is 6.16 Å². The highest BCUT2D eigenvalue weighted by Crippen LogP contribution is 2.54. The van der Waals surface area contributed by atoms with E-state index < -0.39 is 7.26 Å². The molecule has 3 rings (SSSR count). The smallest absolute Gasteiger partial charge is 0.0620 e. The molecule has 0 amide bonds. The summed E-state index contributed by atoms with van der Waals surface area (Å²) in [5, 5.41) is 4.39. The van der Waals surface area contributed by atoms with E-state index in [1.165, 1.54) is 15.9 Å². The van der Waals surface area contributed by atoms with Crippen molar-refractivity contribution < 1.29 is 0 Å². The summed E-state index contributed by atoms with van der Waals surface area (Å²) >= 11 is 0. The molecule has 21 heavy (non-hydrogen) atoms. The predicted octanol–water partition coefficient (Wildman–Crippen LogP) is 4.00. The van der Waals surface area contributed by atoms with Crippen LogP contribution in [0.3, 0.4) is 0 Å². The van der Waals surface area contributed by atoms with Crippen molar-refractivity contribution in [3.05, 3.63) is 91.0 Å². The van der Waals surface area contributed by atoms with E-state index in [0.29, 0.717) is 0 Å². The molecule has 0 saturated heterocycles. The lowest BCUT2D eigenvalue weighted by Gasteiger charge is -2.26. The van der Waals surface area contributed by atoms with Crippen LogP contribution in [0.2, 0.25) is 0 Å². The Morgan fingerprint density at radius 1 is 0.524 bits per heavy atom. The minimum Gasteiger partial charge on any atom is -0.0620 e. The van der Waals surface area contributed by atoms with Gasteiger partial charge < -0.3 is 0 Å². The van der Waals surface area contributed by atoms with Gasteiger partial charge in [0, 0.05) is 0 Å². The van der Waals surface area contributed by atoms with Crippen molar-refractivity contribution in [2.75, 3.05) is 6.16 Å². The van der Waals surface area contributed by atoms with Crippen LogP contribution in [0.1, 0.15) is 6.92 Å². The van der Waals surface area contributed by atoms with Crippen molar-refractivity contribution in [1.82, 2.24) is 0 Å². The second kappa shape index (κ2) is 6.24. The third kappa shape index (κ3) is 2.52. The van der Waals surface area contributed by atoms with Crippen LogP contribution in [-0.2, 0) is 0 Å². The fourth-order valence-electron chi connectivity index (χ4n) is 3.04. The highest BCUT2D eigenvalue weighted by molar-refractivity contribution is 7.95. The zero-order valence-electron chi connectivity index (χ0n) is 12.3. The second-order valence-corrected chi connectivity index (χ2v) is 8.93. The Bertz CT molecular complexity index is 578. The molecule has 0 aliphatic rings. The van der Waals surface area contributed by atoms with Gasteiger partial charge in [0.2, 0.25) is 0 Å². The lowest BCUT2D eigenvalue weighted by atomic mass is 10.4. The molecule has 0 radical (unpaired) electrons. The fraction of sp³-hybridized carbons (Fsp3) is 0.100. The Kier molecular flexibility index (Phi) is 4.18. The van der Waals surface area contributed by atoms with E-state index in [1.807, 2.05) is 0 Å². The van der Waals surface area contributed by atoms with Gasteiger partial charge in [-0.3, -0.25) is 0 Å². The molecule has 0 unspecified atom stereocenters. The summed E-state index contributed by atoms with van der Waals surface area (Å²) in [6, 6.07) is 33.0. The summed E-state index contributed by atoms with van der Waals surface area (Å²) in [7, 11) is -1.53. The van der Waals surface area contributed by atoms with Crippen molar-refractivity contribution in [2.24, 2.45) is 0 Å². The van der Waals surface area contributed by atoms with Gasteiger partial charge in [-0.05, 0) is 43.3 Å². The monoisotopic (exact) mass is 291 g/mol. The summed E-state index contributed by atoms with van der Waals surface area (Å²) in [4.78, 5) is 0. The van der Waals surface area contributed by atoms with Crippen LogP contribution < -0.4 is 15.9 Å². The Hall–Kier alpha value is -1.91. The molecular formula is C20H20P+. The molecule has 0 heterocycles. The van der Waals surface area contributed by atoms with E-state index in [-0.39, 0.29) is 0 Å². The molecule has 0 nitrogen and oxygen atoms in total. The average Bonchev–Trinajstić information content (AvgIpc) is 2.59. The molecule has 0 aromatic heterocycles. The maximum Gasteiger partial charge on any atom is 0.111 e. The van der Waals surface area contributed by atoms with E-state index in [0.717, 1.165) is 6.16 Å². The first-order valence-corrected chi connectivity index (χ1v) is 9.40. The predicted molar refractivity (Wildman–Crippen MR) is 95.7 cm³/mol. The molecule has 0 fully saturated rings. The number of hydrogen-bond donors (Lipinski definition) is 0. The molecule has 104 valence electrons. The van der Waals surface area contributed by atoms with Gasteiger partial charge >= 0.3 is 0 Å². The zero-order valence-corrected chi connectivity index (χ0v) is 13.2. The number of benzene rings is 3. The number of hydrogen-bond acceptors (Lipinski definition) is 0. The second-order valence-electron chi connectivity index (χ2n) is 5.13. The van der Waals surface area contributed by atoms with Gasteiger partial charge in [-0.15, -0.1) is 0 Å². The highest BCUT2D eigenvalue weighted by Gasteiger charge is 2.43. The average molecular weight is 291 g/mol. The van der Waals surface area contributed by atoms with Crippen molar-refractivity contribution in [3.8, 4) is 0 Å². The van der Waals surface area contributed by atoms with Crippen LogP contribution in [0.15, 0.2) is 91.0 Å². The minimum absolute atomic E-state index is 1.14. The van der Waals surface area contributed by atoms with Crippen molar-refractivity contribution in [2.45, 2.75) is 6.92 Å². The molecule has 0 N–H and O–H groups in total. The molecule has 0 aliphatic carbocycles. The topological polar surface area (TPSA) is 0 Å². The normalized spacial score (nSPS) is 11.3. The van der Waals surface area contributed by atoms with Gasteiger partial charge in [0.1, 0.15) is 23.2 Å². The molecule has 0 aliphatic heterocycles. The summed E-state index contributed by atoms with van der Waals surface area (Å²) in [5.74, 6) is 0. The van der Waals surface area contributed by atoms with E-state index >= 15 is 0 Å². The fourth-order valence-corrected chi connectivity index (χ4v) is 7.08. The zero-order chi connectivity index (χ0) is 14.5. The van der Waals surface area contributed by atoms with Crippen molar-refractivity contribution >= 4 is 23.2 Å². The maximum absolute atomic E-state index is 2.32. The largest absolute Gasteiger partial charge is 0.111 e. The molecule has 0 bridgehead atoms. The van der Waals surface area contributed by atoms with Gasteiger partial charge in [-0.2, -0.15) is 0 Å². The van der Waals surface area contributed by atoms with Gasteiger partial charge in [0.05, 0.1) is 6.16 Å². The van der Waals surface area contributed by atoms with E-state index in [2.05, 4.69) is 97.9 Å². The van der Waals surface area contributed by atoms with Crippen LogP contribution in [0, 0.1) is 0 Å². The van der Waals surface area contributed by atoms with E-state index in [1.54, 1.807) is 0 Å². The Morgan fingerprint density at radius 2 is 0.810 bits per heavy atom. The third-order valence-electron chi connectivity index (χ3n) is 4.07. The Balaban J connectivity index is 2.29. The number of rotatable bonds is 4. The molecule has 3 aromatic carbocycles. The van der Waals surface area contributed by atoms with E-state index in [4.69, 9.17) is 0 Å². The first-order chi connectivity index (χ1) is 10.4. The minimum atomic E-state index is -1.53. The molecule has 0 atom stereocenters. The molecule has 3 aromatic rings. The summed E-state index contributed by atoms with van der Waals surface area (Å²) in [5.41, 5.74) is 0. The maximum atomic E-state index is 2.32. The standard InChI is InChI=1S/C20H20P/c1-2-21(18-12-6-3-7-13-18,19-14-8-4-9-15-19)20-16-10-5-11-17-20/h3-17H,2H2,1H3/q+1. The molecular weight excluding hydrogens is 271 g/mol. The van der Waals surface area contributed by atoms with Crippen LogP contribution >= 0.6 is 7.26 Å². The lowest BCUT2D eigenvalue weighted by molar-refractivity contribution is 1.48. The first kappa shape index (κ1) is 14.0. The lowest BCUT2D eigenvalue weighted by Crippen LogP contribution is -2.32. The quantitative estimate of drug-likeness (QED) is 0.637. The third-order valence-corrected chi connectivity index (χ3v) is 8.55. The van der Waals surface area contributed by atoms with Gasteiger partial charge in [-0.1, -0.05) is 54.6 Å². The van der Waals surface area contributed by atoms with Gasteiger partial charge in [-0.25, -0.2) is 0 Å². The van der Waals surface area contributed by atoms with Crippen LogP contribution in [0.4, 0.5) is 0 Å². The summed E-state index contributed by atoms with van der Waals surface area (Å²) in [6.07, 6.45) is 1.14. The van der Waals surface area contributed by atoms with E-state index in [9.17, 15) is 0 Å².